The van der Waals surface area contributed by atoms with E-state index in [0.29, 0.717) is 72.5 Å². The number of rotatable bonds is 23. The van der Waals surface area contributed by atoms with Gasteiger partial charge in [-0.3, -0.25) is 0 Å². The molecule has 0 saturated heterocycles. The van der Waals surface area contributed by atoms with Crippen LogP contribution in [0.2, 0.25) is 0 Å². The van der Waals surface area contributed by atoms with E-state index in [1.807, 2.05) is 72.8 Å². The van der Waals surface area contributed by atoms with E-state index in [2.05, 4.69) is 284 Å². The first kappa shape index (κ1) is 73.8. The van der Waals surface area contributed by atoms with Gasteiger partial charge in [-0.05, 0) is 239 Å². The van der Waals surface area contributed by atoms with Gasteiger partial charge < -0.3 is 27.9 Å². The molecule has 0 saturated carbocycles. The van der Waals surface area contributed by atoms with Crippen molar-refractivity contribution in [2.24, 2.45) is 0 Å². The number of aryl methyl sites for hydroxylation is 7. The molecule has 3 aromatic heterocycles. The molecule has 0 aliphatic carbocycles. The normalized spacial score (nSPS) is 12.1. The highest BCUT2D eigenvalue weighted by molar-refractivity contribution is 6.11. The summed E-state index contributed by atoms with van der Waals surface area (Å²) in [6.45, 7) is 24.5. The Morgan fingerprint density at radius 2 is 0.607 bits per heavy atom. The largest absolute Gasteiger partial charge is 0.422 e. The molecule has 558 valence electrons. The fourth-order valence-corrected chi connectivity index (χ4v) is 17.6. The third-order valence-electron chi connectivity index (χ3n) is 23.5. The van der Waals surface area contributed by atoms with Crippen LogP contribution in [-0.2, 0) is 50.4 Å². The Morgan fingerprint density at radius 1 is 0.339 bits per heavy atom. The molecule has 0 N–H and O–H groups in total. The molecule has 0 amide bonds. The number of hydrogen-bond acceptors (Lipinski definition) is 6. The molecule has 16 rings (SSSR count). The third kappa shape index (κ3) is 13.0. The topological polar surface area (TPSA) is 93.7 Å². The lowest BCUT2D eigenvalue weighted by atomic mass is 9.65. The first-order chi connectivity index (χ1) is 54.6. The van der Waals surface area contributed by atoms with Gasteiger partial charge in [0.1, 0.15) is 17.2 Å². The lowest BCUT2D eigenvalue weighted by molar-refractivity contribution is 0.0722. The van der Waals surface area contributed by atoms with E-state index in [4.69, 9.17) is 14.2 Å². The number of fused-ring (bicyclic) bond motifs is 9. The van der Waals surface area contributed by atoms with Gasteiger partial charge in [-0.2, -0.15) is 0 Å². The SMILES string of the molecule is CCCc1cc(C(C)c2cc(CC)c(OC(=O)c3ccc(-n4c5ccccc5c5ccccc54)cc3)c(CC)c2)c(C(C)C)c(C(C)(c2cc(CC)c(OC(=O)c3ccc(-n4c5ccccc5c5ccccc54)cc3)c(CC)c2)c2cc(CC)c(OC(=O)c3ccc(-n4c5ccccc5c5ccccc54)cc3)c(CC)c2)c1. The number of aromatic nitrogens is 3. The van der Waals surface area contributed by atoms with E-state index < -0.39 is 23.3 Å². The molecule has 9 heteroatoms. The van der Waals surface area contributed by atoms with E-state index >= 15 is 0 Å². The Morgan fingerprint density at radius 3 is 0.866 bits per heavy atom. The third-order valence-corrected chi connectivity index (χ3v) is 23.5. The first-order valence-electron chi connectivity index (χ1n) is 40.2. The van der Waals surface area contributed by atoms with Gasteiger partial charge in [0, 0.05) is 60.7 Å². The zero-order valence-corrected chi connectivity index (χ0v) is 66.0. The lowest BCUT2D eigenvalue weighted by Crippen LogP contribution is -2.30. The van der Waals surface area contributed by atoms with Crippen molar-refractivity contribution in [1.82, 2.24) is 13.7 Å². The highest BCUT2D eigenvalue weighted by Gasteiger charge is 2.39. The molecule has 3 heterocycles. The summed E-state index contributed by atoms with van der Waals surface area (Å²) in [5, 5.41) is 7.04. The quantitative estimate of drug-likeness (QED) is 0.0360. The van der Waals surface area contributed by atoms with Gasteiger partial charge in [-0.1, -0.05) is 233 Å². The Labute approximate surface area is 656 Å². The zero-order chi connectivity index (χ0) is 77.6. The van der Waals surface area contributed by atoms with Crippen molar-refractivity contribution in [3.63, 3.8) is 0 Å². The minimum Gasteiger partial charge on any atom is -0.422 e. The summed E-state index contributed by atoms with van der Waals surface area (Å²) in [6, 6.07) is 92.7. The molecule has 0 spiro atoms. The van der Waals surface area contributed by atoms with Gasteiger partial charge in [0.15, 0.2) is 0 Å². The smallest absolute Gasteiger partial charge is 0.343 e. The molecule has 1 unspecified atom stereocenters. The average molecular weight is 1470 g/mol. The van der Waals surface area contributed by atoms with Crippen molar-refractivity contribution < 1.29 is 28.6 Å². The van der Waals surface area contributed by atoms with Crippen LogP contribution in [0.1, 0.15) is 198 Å². The van der Waals surface area contributed by atoms with Gasteiger partial charge in [0.25, 0.3) is 0 Å². The maximum atomic E-state index is 14.8. The molecule has 112 heavy (non-hydrogen) atoms. The summed E-state index contributed by atoms with van der Waals surface area (Å²) in [5.41, 5.74) is 23.9. The minimum absolute atomic E-state index is 0.0380. The van der Waals surface area contributed by atoms with E-state index in [-0.39, 0.29) is 11.8 Å². The summed E-state index contributed by atoms with van der Waals surface area (Å²) < 4.78 is 26.8. The summed E-state index contributed by atoms with van der Waals surface area (Å²) >= 11 is 0. The van der Waals surface area contributed by atoms with Crippen LogP contribution in [0.3, 0.4) is 0 Å². The summed E-state index contributed by atoms with van der Waals surface area (Å²) in [5.74, 6) is 0.491. The van der Waals surface area contributed by atoms with Crippen LogP contribution >= 0.6 is 0 Å². The van der Waals surface area contributed by atoms with Crippen LogP contribution in [0.5, 0.6) is 17.2 Å². The second-order valence-electron chi connectivity index (χ2n) is 30.4. The summed E-state index contributed by atoms with van der Waals surface area (Å²) in [6.07, 6.45) is 5.46. The molecular weight excluding hydrogens is 1380 g/mol. The van der Waals surface area contributed by atoms with Crippen molar-refractivity contribution in [2.75, 3.05) is 0 Å². The number of hydrogen-bond donors (Lipinski definition) is 0. The van der Waals surface area contributed by atoms with Crippen LogP contribution in [0.25, 0.3) is 82.5 Å². The fourth-order valence-electron chi connectivity index (χ4n) is 17.6. The predicted molar refractivity (Wildman–Crippen MR) is 460 cm³/mol. The molecule has 0 radical (unpaired) electrons. The van der Waals surface area contributed by atoms with Crippen LogP contribution < -0.4 is 14.2 Å². The molecule has 16 aromatic rings. The van der Waals surface area contributed by atoms with Gasteiger partial charge in [0.2, 0.25) is 0 Å². The Kier molecular flexibility index (Phi) is 20.3. The van der Waals surface area contributed by atoms with E-state index in [1.54, 1.807) is 0 Å². The molecule has 0 aliphatic rings. The first-order valence-corrected chi connectivity index (χ1v) is 40.2. The number of nitrogens with zero attached hydrogens (tertiary/aromatic N) is 3. The lowest BCUT2D eigenvalue weighted by Gasteiger charge is -2.38. The van der Waals surface area contributed by atoms with Gasteiger partial charge >= 0.3 is 17.9 Å². The second-order valence-corrected chi connectivity index (χ2v) is 30.4. The standard InChI is InChI=1S/C103H95N3O6/c1-12-31-66-56-88(65(10)76-58-67(13-2)97(68(14-3)59-76)110-100(107)73-44-50-79(51-45-73)104-90-38-25-19-32-82(90)83-33-20-26-39-91(83)104)96(64(8)9)89(57-66)103(11,77-60-69(15-4)98(70(16-5)61-77)111-101(108)74-46-52-80(53-47-74)105-92-40-27-21-34-84(92)85-35-22-28-41-93(85)105)78-62-71(17-6)99(72(18-7)63-78)112-102(109)75-48-54-81(55-49-75)106-94-42-29-23-36-86(94)87-37-24-30-43-95(87)106/h19-30,32-65H,12-18,31H2,1-11H3. The Hall–Kier alpha value is -12.3. The van der Waals surface area contributed by atoms with Crippen LogP contribution in [0.4, 0.5) is 0 Å². The number of ether oxygens (including phenoxy) is 3. The predicted octanol–water partition coefficient (Wildman–Crippen LogP) is 25.6. The molecule has 13 aromatic carbocycles. The highest BCUT2D eigenvalue weighted by Crippen LogP contribution is 2.50. The Balaban J connectivity index is 0.787. The fraction of sp³-hybridized carbons (Fsp3) is 0.214. The molecular formula is C103H95N3O6. The van der Waals surface area contributed by atoms with E-state index in [9.17, 15) is 14.4 Å². The molecule has 1 atom stereocenters. The van der Waals surface area contributed by atoms with Crippen LogP contribution in [0, 0.1) is 0 Å². The van der Waals surface area contributed by atoms with Crippen molar-refractivity contribution in [1.29, 1.82) is 0 Å². The molecule has 9 nitrogen and oxygen atoms in total. The van der Waals surface area contributed by atoms with Gasteiger partial charge in [-0.15, -0.1) is 0 Å². The highest BCUT2D eigenvalue weighted by atomic mass is 16.5. The maximum absolute atomic E-state index is 14.8. The van der Waals surface area contributed by atoms with Crippen molar-refractivity contribution in [3.05, 3.63) is 356 Å². The number of para-hydroxylation sites is 6. The van der Waals surface area contributed by atoms with Crippen LogP contribution in [0.15, 0.2) is 267 Å². The zero-order valence-electron chi connectivity index (χ0n) is 66.0. The number of benzene rings is 13. The summed E-state index contributed by atoms with van der Waals surface area (Å²) in [7, 11) is 0. The monoisotopic (exact) mass is 1470 g/mol. The van der Waals surface area contributed by atoms with E-state index in [1.165, 1.54) is 54.6 Å². The number of esters is 3. The Bertz CT molecular complexity index is 5860. The molecule has 0 bridgehead atoms. The summed E-state index contributed by atoms with van der Waals surface area (Å²) in [4.78, 5) is 44.2. The minimum atomic E-state index is -0.862. The van der Waals surface area contributed by atoms with Crippen LogP contribution in [-0.4, -0.2) is 31.6 Å². The molecule has 0 fully saturated rings. The van der Waals surface area contributed by atoms with Gasteiger partial charge in [0.05, 0.1) is 49.8 Å². The van der Waals surface area contributed by atoms with Gasteiger partial charge in [-0.25, -0.2) is 14.4 Å². The van der Waals surface area contributed by atoms with Crippen molar-refractivity contribution in [3.8, 4) is 34.3 Å². The van der Waals surface area contributed by atoms with Crippen molar-refractivity contribution in [2.45, 2.75) is 145 Å². The average Bonchev–Trinajstić information content (AvgIpc) is 1.26. The number of carbonyl (C=O) groups excluding carboxylic acids is 3. The second kappa shape index (κ2) is 30.9. The molecule has 0 aliphatic heterocycles. The number of carbonyl (C=O) groups is 3. The maximum Gasteiger partial charge on any atom is 0.343 e. The van der Waals surface area contributed by atoms with E-state index in [0.717, 1.165) is 113 Å². The van der Waals surface area contributed by atoms with Crippen molar-refractivity contribution >= 4 is 83.3 Å².